The summed E-state index contributed by atoms with van der Waals surface area (Å²) in [6.45, 7) is 4.61. The molecule has 0 saturated heterocycles. The van der Waals surface area contributed by atoms with Crippen molar-refractivity contribution in [3.8, 4) is 0 Å². The molecule has 0 radical (unpaired) electrons. The van der Waals surface area contributed by atoms with Crippen LogP contribution in [0.5, 0.6) is 0 Å². The van der Waals surface area contributed by atoms with E-state index in [1.54, 1.807) is 24.4 Å². The van der Waals surface area contributed by atoms with Crippen LogP contribution in [-0.2, 0) is 0 Å². The predicted molar refractivity (Wildman–Crippen MR) is 85.3 cm³/mol. The molecule has 2 heterocycles. The first-order valence-electron chi connectivity index (χ1n) is 6.55. The summed E-state index contributed by atoms with van der Waals surface area (Å²) in [5.41, 5.74) is -0.938. The summed E-state index contributed by atoms with van der Waals surface area (Å²) in [7, 11) is 0. The van der Waals surface area contributed by atoms with Gasteiger partial charge in [0, 0.05) is 11.8 Å². The molecule has 2 aromatic heterocycles. The second-order valence-electron chi connectivity index (χ2n) is 4.53. The van der Waals surface area contributed by atoms with Gasteiger partial charge in [0.1, 0.15) is 4.60 Å². The van der Waals surface area contributed by atoms with Crippen molar-refractivity contribution in [1.29, 1.82) is 0 Å². The number of hydrogen-bond donors (Lipinski definition) is 0. The summed E-state index contributed by atoms with van der Waals surface area (Å²) in [5.74, 6) is -0.939. The number of allylic oxidation sites excluding steroid dienone is 5. The fourth-order valence-electron chi connectivity index (χ4n) is 2.16. The minimum atomic E-state index is -4.65. The van der Waals surface area contributed by atoms with E-state index in [0.29, 0.717) is 10.1 Å². The highest BCUT2D eigenvalue weighted by molar-refractivity contribution is 9.10. The standard InChI is InChI=1S/C16H12BrF3N2O/c1-3-7-10(11(4-2)16(18,19)20)13(23)15-21-14(17)12-8-5-6-9-22(12)15/h3-9H,1H2,2H3/b10-7+,11-4+. The normalized spacial score (nSPS) is 13.4. The number of hydrogen-bond acceptors (Lipinski definition) is 2. The molecule has 0 amide bonds. The molecule has 0 N–H and O–H groups in total. The molecule has 2 aromatic rings. The zero-order valence-corrected chi connectivity index (χ0v) is 13.6. The molecule has 2 rings (SSSR count). The number of ketones is 1. The second-order valence-corrected chi connectivity index (χ2v) is 5.28. The van der Waals surface area contributed by atoms with Gasteiger partial charge in [-0.15, -0.1) is 0 Å². The lowest BCUT2D eigenvalue weighted by Crippen LogP contribution is -2.20. The molecule has 0 saturated carbocycles. The van der Waals surface area contributed by atoms with Gasteiger partial charge in [-0.1, -0.05) is 30.9 Å². The Morgan fingerprint density at radius 1 is 1.39 bits per heavy atom. The van der Waals surface area contributed by atoms with E-state index in [9.17, 15) is 18.0 Å². The van der Waals surface area contributed by atoms with Crippen LogP contribution in [0, 0.1) is 0 Å². The van der Waals surface area contributed by atoms with E-state index in [1.807, 2.05) is 0 Å². The first-order chi connectivity index (χ1) is 10.8. The molecule has 7 heteroatoms. The number of halogens is 4. The van der Waals surface area contributed by atoms with Crippen molar-refractivity contribution in [2.24, 2.45) is 0 Å². The molecule has 0 atom stereocenters. The first-order valence-corrected chi connectivity index (χ1v) is 7.34. The fourth-order valence-corrected chi connectivity index (χ4v) is 2.65. The molecule has 120 valence electrons. The highest BCUT2D eigenvalue weighted by Crippen LogP contribution is 2.33. The van der Waals surface area contributed by atoms with Crippen molar-refractivity contribution in [2.45, 2.75) is 13.1 Å². The third kappa shape index (κ3) is 3.29. The summed E-state index contributed by atoms with van der Waals surface area (Å²) in [4.78, 5) is 16.7. The second kappa shape index (κ2) is 6.54. The Kier molecular flexibility index (Phi) is 4.89. The number of rotatable bonds is 4. The number of pyridine rings is 1. The maximum atomic E-state index is 13.2. The van der Waals surface area contributed by atoms with Gasteiger partial charge in [0.25, 0.3) is 0 Å². The average Bonchev–Trinajstić information content (AvgIpc) is 2.83. The Bertz CT molecular complexity index is 831. The van der Waals surface area contributed by atoms with Crippen LogP contribution >= 0.6 is 15.9 Å². The number of Topliss-reactive ketones (excluding diaryl/α,β-unsaturated/α-hetero) is 1. The zero-order chi connectivity index (χ0) is 17.2. The molecule has 0 aromatic carbocycles. The molecule has 0 bridgehead atoms. The summed E-state index contributed by atoms with van der Waals surface area (Å²) in [5, 5.41) is 0. The van der Waals surface area contributed by atoms with Gasteiger partial charge in [-0.25, -0.2) is 4.98 Å². The molecular weight excluding hydrogens is 373 g/mol. The highest BCUT2D eigenvalue weighted by Gasteiger charge is 2.38. The molecule has 3 nitrogen and oxygen atoms in total. The molecule has 0 unspecified atom stereocenters. The van der Waals surface area contributed by atoms with Crippen LogP contribution < -0.4 is 0 Å². The maximum Gasteiger partial charge on any atom is 0.416 e. The van der Waals surface area contributed by atoms with Crippen LogP contribution in [0.1, 0.15) is 17.5 Å². The number of aromatic nitrogens is 2. The van der Waals surface area contributed by atoms with E-state index in [1.165, 1.54) is 11.3 Å². The van der Waals surface area contributed by atoms with E-state index in [0.717, 1.165) is 18.2 Å². The molecule has 0 spiro atoms. The number of imidazole rings is 1. The predicted octanol–water partition coefficient (Wildman–Crippen LogP) is 4.90. The average molecular weight is 385 g/mol. The van der Waals surface area contributed by atoms with Gasteiger partial charge in [0.05, 0.1) is 11.1 Å². The summed E-state index contributed by atoms with van der Waals surface area (Å²) in [6.07, 6.45) is -0.0349. The SMILES string of the molecule is C=C/C=C(C(=O)c1nc(Br)c2ccccn12)\C(=C/C)C(F)(F)F. The lowest BCUT2D eigenvalue weighted by molar-refractivity contribution is -0.0892. The van der Waals surface area contributed by atoms with Crippen molar-refractivity contribution in [2.75, 3.05) is 0 Å². The van der Waals surface area contributed by atoms with Crippen LogP contribution in [0.15, 0.2) is 65.0 Å². The summed E-state index contributed by atoms with van der Waals surface area (Å²) < 4.78 is 41.3. The van der Waals surface area contributed by atoms with Crippen LogP contribution in [0.2, 0.25) is 0 Å². The van der Waals surface area contributed by atoms with Gasteiger partial charge in [-0.2, -0.15) is 13.2 Å². The van der Waals surface area contributed by atoms with Gasteiger partial charge < -0.3 is 0 Å². The zero-order valence-electron chi connectivity index (χ0n) is 12.1. The number of fused-ring (bicyclic) bond motifs is 1. The number of alkyl halides is 3. The number of carbonyl (C=O) groups is 1. The smallest absolute Gasteiger partial charge is 0.296 e. The van der Waals surface area contributed by atoms with E-state index in [-0.39, 0.29) is 5.82 Å². The minimum absolute atomic E-state index is 0.107. The van der Waals surface area contributed by atoms with Crippen molar-refractivity contribution in [3.05, 3.63) is 70.8 Å². The van der Waals surface area contributed by atoms with E-state index >= 15 is 0 Å². The molecule has 0 fully saturated rings. The van der Waals surface area contributed by atoms with Crippen LogP contribution in [-0.4, -0.2) is 21.3 Å². The molecule has 0 aliphatic rings. The van der Waals surface area contributed by atoms with E-state index in [4.69, 9.17) is 0 Å². The summed E-state index contributed by atoms with van der Waals surface area (Å²) in [6, 6.07) is 5.10. The number of carbonyl (C=O) groups excluding carboxylic acids is 1. The quantitative estimate of drug-likeness (QED) is 0.426. The topological polar surface area (TPSA) is 34.4 Å². The molecule has 0 aliphatic heterocycles. The van der Waals surface area contributed by atoms with Crippen LogP contribution in [0.3, 0.4) is 0 Å². The lowest BCUT2D eigenvalue weighted by atomic mass is 10.00. The van der Waals surface area contributed by atoms with Crippen molar-refractivity contribution >= 4 is 27.2 Å². The number of nitrogens with zero attached hydrogens (tertiary/aromatic N) is 2. The largest absolute Gasteiger partial charge is 0.416 e. The molecule has 23 heavy (non-hydrogen) atoms. The van der Waals surface area contributed by atoms with E-state index < -0.39 is 23.1 Å². The Balaban J connectivity index is 2.63. The Hall–Kier alpha value is -2.15. The van der Waals surface area contributed by atoms with Crippen LogP contribution in [0.25, 0.3) is 5.52 Å². The first kappa shape index (κ1) is 17.2. The van der Waals surface area contributed by atoms with Gasteiger partial charge in [-0.05, 0) is 35.0 Å². The van der Waals surface area contributed by atoms with Gasteiger partial charge in [0.2, 0.25) is 5.78 Å². The van der Waals surface area contributed by atoms with Crippen molar-refractivity contribution in [1.82, 2.24) is 9.38 Å². The fraction of sp³-hybridized carbons (Fsp3) is 0.125. The summed E-state index contributed by atoms with van der Waals surface area (Å²) >= 11 is 3.21. The van der Waals surface area contributed by atoms with E-state index in [2.05, 4.69) is 27.5 Å². The maximum absolute atomic E-state index is 13.2. The van der Waals surface area contributed by atoms with Gasteiger partial charge >= 0.3 is 6.18 Å². The Morgan fingerprint density at radius 2 is 2.09 bits per heavy atom. The minimum Gasteiger partial charge on any atom is -0.296 e. The van der Waals surface area contributed by atoms with Crippen LogP contribution in [0.4, 0.5) is 13.2 Å². The Morgan fingerprint density at radius 3 is 2.65 bits per heavy atom. The third-order valence-corrected chi connectivity index (χ3v) is 3.70. The van der Waals surface area contributed by atoms with Crippen molar-refractivity contribution < 1.29 is 18.0 Å². The van der Waals surface area contributed by atoms with Gasteiger partial charge in [-0.3, -0.25) is 9.20 Å². The van der Waals surface area contributed by atoms with Crippen molar-refractivity contribution in [3.63, 3.8) is 0 Å². The highest BCUT2D eigenvalue weighted by atomic mass is 79.9. The monoisotopic (exact) mass is 384 g/mol. The lowest BCUT2D eigenvalue weighted by Gasteiger charge is -2.13. The molecular formula is C16H12BrF3N2O. The third-order valence-electron chi connectivity index (χ3n) is 3.12. The Labute approximate surface area is 139 Å². The molecule has 0 aliphatic carbocycles. The van der Waals surface area contributed by atoms with Gasteiger partial charge in [0.15, 0.2) is 5.82 Å².